The van der Waals surface area contributed by atoms with Crippen molar-refractivity contribution in [2.24, 2.45) is 5.84 Å². The van der Waals surface area contributed by atoms with Crippen LogP contribution in [-0.2, 0) is 0 Å². The highest BCUT2D eigenvalue weighted by Gasteiger charge is 2.27. The van der Waals surface area contributed by atoms with Crippen LogP contribution in [0.2, 0.25) is 0 Å². The van der Waals surface area contributed by atoms with E-state index in [-0.39, 0.29) is 12.5 Å². The van der Waals surface area contributed by atoms with Gasteiger partial charge in [-0.25, -0.2) is 4.52 Å². The molecular formula is C12H15F3N4. The number of pyridine rings is 1. The second kappa shape index (κ2) is 5.58. The quantitative estimate of drug-likeness (QED) is 0.649. The number of nitrogens with zero attached hydrogens (tertiary/aromatic N) is 2. The first-order valence-corrected chi connectivity index (χ1v) is 5.96. The van der Waals surface area contributed by atoms with Crippen molar-refractivity contribution in [3.05, 3.63) is 36.2 Å². The van der Waals surface area contributed by atoms with Crippen LogP contribution >= 0.6 is 0 Å². The summed E-state index contributed by atoms with van der Waals surface area (Å²) < 4.78 is 38.1. The lowest BCUT2D eigenvalue weighted by atomic mass is 10.0. The van der Waals surface area contributed by atoms with Crippen molar-refractivity contribution in [3.8, 4) is 0 Å². The van der Waals surface area contributed by atoms with Crippen LogP contribution in [0.5, 0.6) is 0 Å². The first-order chi connectivity index (χ1) is 9.01. The molecule has 19 heavy (non-hydrogen) atoms. The van der Waals surface area contributed by atoms with Crippen LogP contribution in [0.15, 0.2) is 30.6 Å². The molecule has 0 aliphatic rings. The number of fused-ring (bicyclic) bond motifs is 1. The molecule has 0 fully saturated rings. The van der Waals surface area contributed by atoms with Crippen molar-refractivity contribution < 1.29 is 13.2 Å². The fraction of sp³-hybridized carbons (Fsp3) is 0.417. The Hall–Kier alpha value is -1.60. The zero-order chi connectivity index (χ0) is 13.9. The zero-order valence-corrected chi connectivity index (χ0v) is 10.2. The van der Waals surface area contributed by atoms with Crippen LogP contribution in [0.3, 0.4) is 0 Å². The van der Waals surface area contributed by atoms with E-state index in [0.29, 0.717) is 6.42 Å². The highest BCUT2D eigenvalue weighted by atomic mass is 19.4. The molecule has 1 atom stereocenters. The molecule has 4 nitrogen and oxygen atoms in total. The molecule has 0 spiro atoms. The van der Waals surface area contributed by atoms with Crippen LogP contribution in [0.1, 0.15) is 30.9 Å². The number of rotatable bonds is 5. The Kier molecular flexibility index (Phi) is 4.06. The summed E-state index contributed by atoms with van der Waals surface area (Å²) in [6, 6.07) is 5.21. The van der Waals surface area contributed by atoms with Crippen LogP contribution < -0.4 is 11.3 Å². The molecule has 0 aromatic carbocycles. The van der Waals surface area contributed by atoms with Gasteiger partial charge in [0.1, 0.15) is 0 Å². The summed E-state index contributed by atoms with van der Waals surface area (Å²) in [5.41, 5.74) is 4.22. The minimum atomic E-state index is -4.12. The molecule has 2 rings (SSSR count). The Morgan fingerprint density at radius 3 is 2.84 bits per heavy atom. The second-order valence-electron chi connectivity index (χ2n) is 4.36. The van der Waals surface area contributed by atoms with Crippen LogP contribution in [0.4, 0.5) is 13.2 Å². The van der Waals surface area contributed by atoms with Gasteiger partial charge in [0.2, 0.25) is 0 Å². The van der Waals surface area contributed by atoms with Gasteiger partial charge in [0, 0.05) is 24.2 Å². The number of alkyl halides is 3. The third kappa shape index (κ3) is 3.45. The average Bonchev–Trinajstić information content (AvgIpc) is 2.77. The van der Waals surface area contributed by atoms with E-state index in [4.69, 9.17) is 5.84 Å². The normalized spacial score (nSPS) is 13.9. The first kappa shape index (κ1) is 13.8. The number of aromatic nitrogens is 2. The van der Waals surface area contributed by atoms with Crippen molar-refractivity contribution in [1.82, 2.24) is 15.0 Å². The number of hydrogen-bond acceptors (Lipinski definition) is 3. The van der Waals surface area contributed by atoms with Gasteiger partial charge >= 0.3 is 6.18 Å². The molecule has 2 aromatic rings. The molecule has 7 heteroatoms. The maximum atomic E-state index is 12.1. The predicted octanol–water partition coefficient (Wildman–Crippen LogP) is 2.57. The van der Waals surface area contributed by atoms with Gasteiger partial charge in [-0.2, -0.15) is 18.3 Å². The van der Waals surface area contributed by atoms with Crippen LogP contribution in [0.25, 0.3) is 5.52 Å². The topological polar surface area (TPSA) is 55.3 Å². The molecule has 2 heterocycles. The number of hydrazine groups is 1. The van der Waals surface area contributed by atoms with E-state index in [1.807, 2.05) is 18.2 Å². The van der Waals surface area contributed by atoms with E-state index in [1.54, 1.807) is 16.9 Å². The van der Waals surface area contributed by atoms with Crippen molar-refractivity contribution in [1.29, 1.82) is 0 Å². The van der Waals surface area contributed by atoms with Crippen molar-refractivity contribution >= 4 is 5.52 Å². The lowest BCUT2D eigenvalue weighted by molar-refractivity contribution is -0.135. The first-order valence-electron chi connectivity index (χ1n) is 5.96. The molecule has 0 amide bonds. The van der Waals surface area contributed by atoms with Gasteiger partial charge in [-0.05, 0) is 25.0 Å². The molecule has 0 aliphatic heterocycles. The molecule has 0 saturated heterocycles. The number of nitrogens with two attached hydrogens (primary N) is 1. The highest BCUT2D eigenvalue weighted by Crippen LogP contribution is 2.27. The summed E-state index contributed by atoms with van der Waals surface area (Å²) in [5, 5.41) is 4.14. The van der Waals surface area contributed by atoms with Gasteiger partial charge in [0.15, 0.2) is 0 Å². The zero-order valence-electron chi connectivity index (χ0n) is 10.2. The summed E-state index contributed by atoms with van der Waals surface area (Å²) in [6.45, 7) is 0. The maximum absolute atomic E-state index is 12.1. The maximum Gasteiger partial charge on any atom is 0.389 e. The van der Waals surface area contributed by atoms with E-state index in [9.17, 15) is 13.2 Å². The third-order valence-electron chi connectivity index (χ3n) is 2.99. The Bertz CT molecular complexity index is 535. The highest BCUT2D eigenvalue weighted by molar-refractivity contribution is 5.54. The predicted molar refractivity (Wildman–Crippen MR) is 65.2 cm³/mol. The van der Waals surface area contributed by atoms with Gasteiger partial charge < -0.3 is 0 Å². The Morgan fingerprint density at radius 2 is 2.16 bits per heavy atom. The number of nitrogens with one attached hydrogen (secondary N) is 1. The molecule has 0 aliphatic carbocycles. The van der Waals surface area contributed by atoms with E-state index < -0.39 is 12.6 Å². The summed E-state index contributed by atoms with van der Waals surface area (Å²) in [6.07, 6.45) is -1.17. The summed E-state index contributed by atoms with van der Waals surface area (Å²) >= 11 is 0. The SMILES string of the molecule is NNC(CCCC(F)(F)F)c1cnn2ccccc12. The molecule has 0 bridgehead atoms. The summed E-state index contributed by atoms with van der Waals surface area (Å²) in [5.74, 6) is 5.44. The van der Waals surface area contributed by atoms with Crippen molar-refractivity contribution in [2.45, 2.75) is 31.5 Å². The van der Waals surface area contributed by atoms with Crippen LogP contribution in [-0.4, -0.2) is 15.8 Å². The molecule has 0 radical (unpaired) electrons. The molecule has 104 valence electrons. The van der Waals surface area contributed by atoms with Gasteiger partial charge in [-0.1, -0.05) is 6.07 Å². The second-order valence-corrected chi connectivity index (χ2v) is 4.36. The molecule has 2 aromatic heterocycles. The molecule has 0 saturated carbocycles. The van der Waals surface area contributed by atoms with E-state index in [2.05, 4.69) is 10.5 Å². The largest absolute Gasteiger partial charge is 0.389 e. The van der Waals surface area contributed by atoms with E-state index >= 15 is 0 Å². The third-order valence-corrected chi connectivity index (χ3v) is 2.99. The fourth-order valence-electron chi connectivity index (χ4n) is 2.06. The fourth-order valence-corrected chi connectivity index (χ4v) is 2.06. The van der Waals surface area contributed by atoms with Gasteiger partial charge in [-0.3, -0.25) is 11.3 Å². The monoisotopic (exact) mass is 272 g/mol. The lowest BCUT2D eigenvalue weighted by Gasteiger charge is -2.15. The minimum absolute atomic E-state index is 0.0303. The Labute approximate surface area is 108 Å². The van der Waals surface area contributed by atoms with E-state index in [0.717, 1.165) is 11.1 Å². The number of hydrogen-bond donors (Lipinski definition) is 2. The number of halogens is 3. The van der Waals surface area contributed by atoms with Gasteiger partial charge in [0.05, 0.1) is 11.7 Å². The smallest absolute Gasteiger partial charge is 0.271 e. The van der Waals surface area contributed by atoms with Gasteiger partial charge in [-0.15, -0.1) is 0 Å². The van der Waals surface area contributed by atoms with Gasteiger partial charge in [0.25, 0.3) is 0 Å². The molecule has 3 N–H and O–H groups in total. The standard InChI is InChI=1S/C12H15F3N4/c13-12(14,15)6-3-4-10(18-16)9-8-17-19-7-2-1-5-11(9)19/h1-2,5,7-8,10,18H,3-4,6,16H2. The Morgan fingerprint density at radius 1 is 1.37 bits per heavy atom. The lowest BCUT2D eigenvalue weighted by Crippen LogP contribution is -2.28. The molecule has 1 unspecified atom stereocenters. The summed E-state index contributed by atoms with van der Waals surface area (Å²) in [7, 11) is 0. The van der Waals surface area contributed by atoms with E-state index in [1.165, 1.54) is 0 Å². The van der Waals surface area contributed by atoms with Crippen LogP contribution in [0, 0.1) is 0 Å². The summed E-state index contributed by atoms with van der Waals surface area (Å²) in [4.78, 5) is 0. The van der Waals surface area contributed by atoms with Crippen molar-refractivity contribution in [2.75, 3.05) is 0 Å². The molecular weight excluding hydrogens is 257 g/mol. The average molecular weight is 272 g/mol. The minimum Gasteiger partial charge on any atom is -0.271 e. The van der Waals surface area contributed by atoms with Crippen molar-refractivity contribution in [3.63, 3.8) is 0 Å². The Balaban J connectivity index is 2.09.